The van der Waals surface area contributed by atoms with Gasteiger partial charge >= 0.3 is 0 Å². The van der Waals surface area contributed by atoms with E-state index in [0.29, 0.717) is 0 Å². The quantitative estimate of drug-likeness (QED) is 0.646. The van der Waals surface area contributed by atoms with Crippen molar-refractivity contribution in [2.75, 3.05) is 0 Å². The molecule has 0 amide bonds. The fourth-order valence-electron chi connectivity index (χ4n) is 1.98. The van der Waals surface area contributed by atoms with Crippen LogP contribution in [-0.2, 0) is 0 Å². The molecule has 0 aliphatic rings. The maximum absolute atomic E-state index is 2.44. The summed E-state index contributed by atoms with van der Waals surface area (Å²) in [5.74, 6) is 0. The molecule has 0 unspecified atom stereocenters. The average Bonchev–Trinajstić information content (AvgIpc) is 2.26. The first kappa shape index (κ1) is 11.4. The van der Waals surface area contributed by atoms with E-state index in [2.05, 4.69) is 69.0 Å². The van der Waals surface area contributed by atoms with Gasteiger partial charge in [0.1, 0.15) is 0 Å². The van der Waals surface area contributed by atoms with Crippen molar-refractivity contribution in [2.45, 2.75) is 32.1 Å². The van der Waals surface area contributed by atoms with E-state index in [1.54, 1.807) is 0 Å². The normalized spacial score (nSPS) is 14.0. The Morgan fingerprint density at radius 3 is 2.12 bits per heavy atom. The first-order chi connectivity index (χ1) is 7.48. The molecule has 0 fully saturated rings. The number of hydrogen-bond acceptors (Lipinski definition) is 0. The Kier molecular flexibility index (Phi) is 2.89. The summed E-state index contributed by atoms with van der Waals surface area (Å²) >= 11 is 0. The molecular weight excluding hydrogens is 208 g/mol. The summed E-state index contributed by atoms with van der Waals surface area (Å²) in [6.07, 6.45) is 0. The largest absolute Gasteiger partial charge is 0.0691 e. The highest BCUT2D eigenvalue weighted by atomic mass is 28.3. The van der Waals surface area contributed by atoms with E-state index >= 15 is 0 Å². The lowest BCUT2D eigenvalue weighted by Gasteiger charge is -2.25. The fraction of sp³-hybridized carbons (Fsp3) is 0.333. The summed E-state index contributed by atoms with van der Waals surface area (Å²) in [5.41, 5.74) is 2.22. The summed E-state index contributed by atoms with van der Waals surface area (Å²) < 4.78 is 0. The Balaban J connectivity index is 2.47. The summed E-state index contributed by atoms with van der Waals surface area (Å²) in [6.45, 7) is 9.68. The van der Waals surface area contributed by atoms with Crippen LogP contribution in [0.3, 0.4) is 0 Å². The lowest BCUT2D eigenvalue weighted by Crippen LogP contribution is -2.28. The third-order valence-electron chi connectivity index (χ3n) is 3.57. The minimum Gasteiger partial charge on any atom is -0.0691 e. The Morgan fingerprint density at radius 1 is 0.875 bits per heavy atom. The number of hydrogen-bond donors (Lipinski definition) is 0. The van der Waals surface area contributed by atoms with Crippen molar-refractivity contribution < 1.29 is 0 Å². The molecule has 1 atom stereocenters. The van der Waals surface area contributed by atoms with Gasteiger partial charge in [-0.2, -0.15) is 0 Å². The first-order valence-electron chi connectivity index (χ1n) is 5.97. The van der Waals surface area contributed by atoms with Crippen molar-refractivity contribution in [1.82, 2.24) is 0 Å². The van der Waals surface area contributed by atoms with Crippen LogP contribution < -0.4 is 0 Å². The molecule has 16 heavy (non-hydrogen) atoms. The van der Waals surface area contributed by atoms with E-state index in [0.717, 1.165) is 5.54 Å². The zero-order chi connectivity index (χ0) is 11.8. The maximum atomic E-state index is 2.44. The summed E-state index contributed by atoms with van der Waals surface area (Å²) in [6, 6.07) is 15.5. The lowest BCUT2D eigenvalue weighted by molar-refractivity contribution is 1.02. The van der Waals surface area contributed by atoms with Crippen molar-refractivity contribution in [3.63, 3.8) is 0 Å². The standard InChI is InChI=1S/C15H20Si/c1-12(16(2,3)4)14-10-9-13-7-5-6-8-15(13)11-14/h5-12H,1-4H3/t12-/m1/s1. The Labute approximate surface area is 99.3 Å². The topological polar surface area (TPSA) is 0 Å². The highest BCUT2D eigenvalue weighted by Crippen LogP contribution is 2.28. The first-order valence-corrected chi connectivity index (χ1v) is 9.55. The monoisotopic (exact) mass is 228 g/mol. The average molecular weight is 228 g/mol. The van der Waals surface area contributed by atoms with Crippen LogP contribution in [0, 0.1) is 0 Å². The van der Waals surface area contributed by atoms with Gasteiger partial charge < -0.3 is 0 Å². The van der Waals surface area contributed by atoms with E-state index < -0.39 is 8.07 Å². The molecule has 0 N–H and O–H groups in total. The molecule has 2 rings (SSSR count). The molecular formula is C15H20Si. The van der Waals surface area contributed by atoms with Gasteiger partial charge in [-0.15, -0.1) is 0 Å². The molecule has 0 saturated carbocycles. The van der Waals surface area contributed by atoms with Gasteiger partial charge in [0.15, 0.2) is 0 Å². The second-order valence-corrected chi connectivity index (χ2v) is 11.3. The SMILES string of the molecule is C[C@H](c1ccc2ccccc2c1)[Si](C)(C)C. The molecule has 0 spiro atoms. The van der Waals surface area contributed by atoms with Gasteiger partial charge in [-0.05, 0) is 21.9 Å². The third-order valence-corrected chi connectivity index (χ3v) is 6.50. The van der Waals surface area contributed by atoms with Crippen LogP contribution in [0.5, 0.6) is 0 Å². The molecule has 1 heteroatoms. The summed E-state index contributed by atoms with van der Waals surface area (Å²) in [4.78, 5) is 0. The summed E-state index contributed by atoms with van der Waals surface area (Å²) in [7, 11) is -1.09. The zero-order valence-electron chi connectivity index (χ0n) is 10.6. The minimum absolute atomic E-state index is 0.720. The van der Waals surface area contributed by atoms with Crippen LogP contribution in [0.15, 0.2) is 42.5 Å². The molecule has 2 aromatic carbocycles. The van der Waals surface area contributed by atoms with Crippen LogP contribution in [-0.4, -0.2) is 8.07 Å². The molecule has 0 aliphatic heterocycles. The van der Waals surface area contributed by atoms with Gasteiger partial charge in [0.2, 0.25) is 0 Å². The van der Waals surface area contributed by atoms with E-state index in [4.69, 9.17) is 0 Å². The Bertz CT molecular complexity index is 494. The van der Waals surface area contributed by atoms with Crippen LogP contribution in [0.1, 0.15) is 18.0 Å². The lowest BCUT2D eigenvalue weighted by atomic mass is 10.1. The molecule has 0 nitrogen and oxygen atoms in total. The minimum atomic E-state index is -1.09. The van der Waals surface area contributed by atoms with Gasteiger partial charge in [-0.25, -0.2) is 0 Å². The second-order valence-electron chi connectivity index (χ2n) is 5.69. The highest BCUT2D eigenvalue weighted by Gasteiger charge is 2.23. The molecule has 2 aromatic rings. The van der Waals surface area contributed by atoms with Gasteiger partial charge in [-0.3, -0.25) is 0 Å². The Morgan fingerprint density at radius 2 is 1.50 bits per heavy atom. The van der Waals surface area contributed by atoms with Crippen molar-refractivity contribution in [2.24, 2.45) is 0 Å². The molecule has 0 bridgehead atoms. The second kappa shape index (κ2) is 4.06. The number of rotatable bonds is 2. The van der Waals surface area contributed by atoms with E-state index in [-0.39, 0.29) is 0 Å². The van der Waals surface area contributed by atoms with Gasteiger partial charge in [0.25, 0.3) is 0 Å². The Hall–Kier alpha value is -1.08. The van der Waals surface area contributed by atoms with Crippen LogP contribution in [0.2, 0.25) is 19.6 Å². The van der Waals surface area contributed by atoms with Crippen LogP contribution in [0.4, 0.5) is 0 Å². The van der Waals surface area contributed by atoms with Gasteiger partial charge in [0.05, 0.1) is 8.07 Å². The van der Waals surface area contributed by atoms with Crippen molar-refractivity contribution in [3.8, 4) is 0 Å². The fourth-order valence-corrected chi connectivity index (χ4v) is 3.16. The van der Waals surface area contributed by atoms with Crippen LogP contribution in [0.25, 0.3) is 10.8 Å². The third kappa shape index (κ3) is 2.19. The maximum Gasteiger partial charge on any atom is 0.0518 e. The van der Waals surface area contributed by atoms with E-state index in [1.807, 2.05) is 0 Å². The van der Waals surface area contributed by atoms with Crippen molar-refractivity contribution in [1.29, 1.82) is 0 Å². The smallest absolute Gasteiger partial charge is 0.0518 e. The molecule has 0 heterocycles. The molecule has 84 valence electrons. The van der Waals surface area contributed by atoms with Gasteiger partial charge in [-0.1, -0.05) is 69.0 Å². The molecule has 0 aliphatic carbocycles. The molecule has 0 saturated heterocycles. The molecule has 0 radical (unpaired) electrons. The number of fused-ring (bicyclic) bond motifs is 1. The zero-order valence-corrected chi connectivity index (χ0v) is 11.6. The molecule has 0 aromatic heterocycles. The predicted octanol–water partition coefficient (Wildman–Crippen LogP) is 4.82. The van der Waals surface area contributed by atoms with E-state index in [1.165, 1.54) is 16.3 Å². The predicted molar refractivity (Wildman–Crippen MR) is 75.7 cm³/mol. The van der Waals surface area contributed by atoms with Crippen molar-refractivity contribution in [3.05, 3.63) is 48.0 Å². The number of benzene rings is 2. The van der Waals surface area contributed by atoms with Crippen molar-refractivity contribution >= 4 is 18.8 Å². The highest BCUT2D eigenvalue weighted by molar-refractivity contribution is 6.77. The summed E-state index contributed by atoms with van der Waals surface area (Å²) in [5, 5.41) is 2.71. The van der Waals surface area contributed by atoms with E-state index in [9.17, 15) is 0 Å². The van der Waals surface area contributed by atoms with Crippen LogP contribution >= 0.6 is 0 Å². The van der Waals surface area contributed by atoms with Gasteiger partial charge in [0, 0.05) is 0 Å².